The van der Waals surface area contributed by atoms with Crippen molar-refractivity contribution in [3.8, 4) is 0 Å². The van der Waals surface area contributed by atoms with Crippen molar-refractivity contribution in [2.24, 2.45) is 0 Å². The number of rotatable bonds is 44. The molecule has 360 valence electrons. The SMILES string of the molecule is CCCCCCCCCC/C=C\CCCCCCCCCCCC(=O)NC(COC1OC(CO)C(O)C(O)C1O)C(O)/C=C/CCCCCCCCCCCCCCCCC. The molecule has 1 aliphatic heterocycles. The van der Waals surface area contributed by atoms with E-state index in [-0.39, 0.29) is 12.5 Å². The number of nitrogens with one attached hydrogen (secondary N) is 1. The fourth-order valence-corrected chi connectivity index (χ4v) is 8.33. The first-order valence-electron chi connectivity index (χ1n) is 26.1. The van der Waals surface area contributed by atoms with Gasteiger partial charge < -0.3 is 40.3 Å². The third-order valence-corrected chi connectivity index (χ3v) is 12.5. The summed E-state index contributed by atoms with van der Waals surface area (Å²) in [6, 6.07) is -0.803. The molecule has 0 spiro atoms. The summed E-state index contributed by atoms with van der Waals surface area (Å²) in [5, 5.41) is 54.4. The minimum Gasteiger partial charge on any atom is -0.394 e. The molecule has 7 atom stereocenters. The van der Waals surface area contributed by atoms with Crippen molar-refractivity contribution in [2.45, 2.75) is 288 Å². The summed E-state index contributed by atoms with van der Waals surface area (Å²) in [4.78, 5) is 13.0. The molecule has 0 bridgehead atoms. The van der Waals surface area contributed by atoms with Gasteiger partial charge in [-0.05, 0) is 44.9 Å². The van der Waals surface area contributed by atoms with Crippen molar-refractivity contribution in [2.75, 3.05) is 13.2 Å². The monoisotopic (exact) mass is 866 g/mol. The lowest BCUT2D eigenvalue weighted by molar-refractivity contribution is -0.302. The van der Waals surface area contributed by atoms with Crippen LogP contribution in [0, 0.1) is 0 Å². The van der Waals surface area contributed by atoms with E-state index < -0.39 is 49.5 Å². The number of unbranched alkanes of at least 4 members (excludes halogenated alkanes) is 32. The fourth-order valence-electron chi connectivity index (χ4n) is 8.33. The number of carbonyl (C=O) groups excluding carboxylic acids is 1. The topological polar surface area (TPSA) is 149 Å². The van der Waals surface area contributed by atoms with Gasteiger partial charge in [0, 0.05) is 6.42 Å². The van der Waals surface area contributed by atoms with E-state index in [0.29, 0.717) is 6.42 Å². The van der Waals surface area contributed by atoms with Crippen LogP contribution in [0.3, 0.4) is 0 Å². The molecule has 9 heteroatoms. The molecule has 0 aromatic rings. The number of hydrogen-bond donors (Lipinski definition) is 6. The average Bonchev–Trinajstić information content (AvgIpc) is 3.26. The molecule has 0 radical (unpaired) electrons. The zero-order valence-electron chi connectivity index (χ0n) is 39.7. The van der Waals surface area contributed by atoms with E-state index in [0.717, 1.165) is 38.5 Å². The lowest BCUT2D eigenvalue weighted by Crippen LogP contribution is -2.60. The molecule has 0 saturated carbocycles. The number of carbonyl (C=O) groups is 1. The minimum atomic E-state index is -1.56. The first-order chi connectivity index (χ1) is 29.8. The van der Waals surface area contributed by atoms with Crippen LogP contribution in [-0.4, -0.2) is 87.5 Å². The quantitative estimate of drug-likeness (QED) is 0.0262. The number of amides is 1. The highest BCUT2D eigenvalue weighted by molar-refractivity contribution is 5.76. The highest BCUT2D eigenvalue weighted by Gasteiger charge is 2.44. The second kappa shape index (κ2) is 42.6. The molecule has 9 nitrogen and oxygen atoms in total. The molecule has 61 heavy (non-hydrogen) atoms. The van der Waals surface area contributed by atoms with Crippen molar-refractivity contribution in [3.05, 3.63) is 24.3 Å². The van der Waals surface area contributed by atoms with Gasteiger partial charge in [0.05, 0.1) is 25.4 Å². The predicted octanol–water partition coefficient (Wildman–Crippen LogP) is 11.8. The van der Waals surface area contributed by atoms with Crippen LogP contribution in [-0.2, 0) is 14.3 Å². The van der Waals surface area contributed by atoms with E-state index in [1.807, 2.05) is 6.08 Å². The maximum absolute atomic E-state index is 13.0. The smallest absolute Gasteiger partial charge is 0.220 e. The third kappa shape index (κ3) is 32.9. The maximum atomic E-state index is 13.0. The van der Waals surface area contributed by atoms with Crippen LogP contribution in [0.4, 0.5) is 0 Å². The van der Waals surface area contributed by atoms with Crippen molar-refractivity contribution < 1.29 is 39.8 Å². The molecular formula is C52H99NO8. The molecule has 1 heterocycles. The van der Waals surface area contributed by atoms with Gasteiger partial charge >= 0.3 is 0 Å². The molecule has 0 aromatic carbocycles. The number of allylic oxidation sites excluding steroid dienone is 3. The number of aliphatic hydroxyl groups excluding tert-OH is 5. The van der Waals surface area contributed by atoms with Gasteiger partial charge in [-0.2, -0.15) is 0 Å². The first-order valence-corrected chi connectivity index (χ1v) is 26.1. The highest BCUT2D eigenvalue weighted by atomic mass is 16.7. The second-order valence-corrected chi connectivity index (χ2v) is 18.3. The Morgan fingerprint density at radius 1 is 0.541 bits per heavy atom. The molecule has 1 aliphatic rings. The number of hydrogen-bond acceptors (Lipinski definition) is 8. The van der Waals surface area contributed by atoms with E-state index in [4.69, 9.17) is 9.47 Å². The van der Waals surface area contributed by atoms with Gasteiger partial charge in [0.1, 0.15) is 24.4 Å². The maximum Gasteiger partial charge on any atom is 0.220 e. The molecule has 7 unspecified atom stereocenters. The van der Waals surface area contributed by atoms with Gasteiger partial charge in [-0.25, -0.2) is 0 Å². The second-order valence-electron chi connectivity index (χ2n) is 18.3. The lowest BCUT2D eigenvalue weighted by atomic mass is 9.99. The minimum absolute atomic E-state index is 0.177. The Morgan fingerprint density at radius 2 is 0.918 bits per heavy atom. The molecule has 1 rings (SSSR count). The third-order valence-electron chi connectivity index (χ3n) is 12.5. The van der Waals surface area contributed by atoms with Gasteiger partial charge in [0.25, 0.3) is 0 Å². The van der Waals surface area contributed by atoms with Gasteiger partial charge in [0.2, 0.25) is 5.91 Å². The van der Waals surface area contributed by atoms with Crippen LogP contribution in [0.5, 0.6) is 0 Å². The van der Waals surface area contributed by atoms with Crippen LogP contribution in [0.2, 0.25) is 0 Å². The fraction of sp³-hybridized carbons (Fsp3) is 0.904. The predicted molar refractivity (Wildman–Crippen MR) is 253 cm³/mol. The first kappa shape index (κ1) is 57.7. The van der Waals surface area contributed by atoms with Crippen molar-refractivity contribution in [1.82, 2.24) is 5.32 Å². The van der Waals surface area contributed by atoms with Crippen LogP contribution >= 0.6 is 0 Å². The molecule has 1 saturated heterocycles. The summed E-state index contributed by atoms with van der Waals surface area (Å²) in [7, 11) is 0. The Hall–Kier alpha value is -1.33. The molecule has 1 amide bonds. The Kier molecular flexibility index (Phi) is 40.3. The summed E-state index contributed by atoms with van der Waals surface area (Å²) in [6.07, 6.45) is 45.1. The molecule has 1 fully saturated rings. The summed E-state index contributed by atoms with van der Waals surface area (Å²) in [6.45, 7) is 3.79. The molecular weight excluding hydrogens is 767 g/mol. The summed E-state index contributed by atoms with van der Waals surface area (Å²) < 4.78 is 11.2. The van der Waals surface area contributed by atoms with Crippen LogP contribution < -0.4 is 5.32 Å². The largest absolute Gasteiger partial charge is 0.394 e. The summed E-state index contributed by atoms with van der Waals surface area (Å²) in [5.41, 5.74) is 0. The van der Waals surface area contributed by atoms with Crippen LogP contribution in [0.25, 0.3) is 0 Å². The van der Waals surface area contributed by atoms with Gasteiger partial charge in [-0.3, -0.25) is 4.79 Å². The van der Waals surface area contributed by atoms with Crippen molar-refractivity contribution in [3.63, 3.8) is 0 Å². The molecule has 0 aromatic heterocycles. The Morgan fingerprint density at radius 3 is 1.33 bits per heavy atom. The Labute approximate surface area is 375 Å². The summed E-state index contributed by atoms with van der Waals surface area (Å²) in [5.74, 6) is -0.177. The van der Waals surface area contributed by atoms with Crippen LogP contribution in [0.1, 0.15) is 245 Å². The van der Waals surface area contributed by atoms with Gasteiger partial charge in [0.15, 0.2) is 6.29 Å². The van der Waals surface area contributed by atoms with E-state index >= 15 is 0 Å². The highest BCUT2D eigenvalue weighted by Crippen LogP contribution is 2.23. The van der Waals surface area contributed by atoms with Gasteiger partial charge in [-0.15, -0.1) is 0 Å². The Bertz CT molecular complexity index is 1010. The normalized spacial score (nSPS) is 20.5. The summed E-state index contributed by atoms with van der Waals surface area (Å²) >= 11 is 0. The van der Waals surface area contributed by atoms with E-state index in [2.05, 4.69) is 31.3 Å². The standard InChI is InChI=1S/C52H99NO8/c1-3-5-7-9-11-13-15-17-19-21-22-23-24-26-28-30-32-34-36-38-40-42-48(56)53-45(44-60-52-51(59)50(58)49(57)47(43-54)61-52)46(55)41-39-37-35-33-31-29-27-25-20-18-16-14-12-10-8-6-4-2/h21-22,39,41,45-47,49-52,54-55,57-59H,3-20,23-38,40,42-44H2,1-2H3,(H,53,56)/b22-21-,41-39+. The van der Waals surface area contributed by atoms with Crippen molar-refractivity contribution in [1.29, 1.82) is 0 Å². The zero-order chi connectivity index (χ0) is 44.4. The Balaban J connectivity index is 2.28. The number of ether oxygens (including phenoxy) is 2. The van der Waals surface area contributed by atoms with E-state index in [9.17, 15) is 30.3 Å². The van der Waals surface area contributed by atoms with Crippen molar-refractivity contribution >= 4 is 5.91 Å². The van der Waals surface area contributed by atoms with Gasteiger partial charge in [-0.1, -0.05) is 218 Å². The average molecular weight is 866 g/mol. The van der Waals surface area contributed by atoms with Crippen LogP contribution in [0.15, 0.2) is 24.3 Å². The lowest BCUT2D eigenvalue weighted by Gasteiger charge is -2.40. The molecule has 0 aliphatic carbocycles. The van der Waals surface area contributed by atoms with E-state index in [1.54, 1.807) is 6.08 Å². The zero-order valence-corrected chi connectivity index (χ0v) is 39.7. The van der Waals surface area contributed by atoms with E-state index in [1.165, 1.54) is 186 Å². The molecule has 6 N–H and O–H groups in total. The number of aliphatic hydroxyl groups is 5.